The minimum absolute atomic E-state index is 0.0410. The Morgan fingerprint density at radius 1 is 1.59 bits per heavy atom. The largest absolute Gasteiger partial charge is 0.505 e. The SMILES string of the molecule is CCOC(=O)CC#Cc1cc(F)cc(Cl)c1O. The summed E-state index contributed by atoms with van der Waals surface area (Å²) in [6.07, 6.45) is -0.124. The molecule has 0 amide bonds. The average molecular weight is 257 g/mol. The van der Waals surface area contributed by atoms with E-state index in [0.29, 0.717) is 0 Å². The molecule has 0 spiro atoms. The predicted octanol–water partition coefficient (Wildman–Crippen LogP) is 2.49. The van der Waals surface area contributed by atoms with Gasteiger partial charge in [0.15, 0.2) is 0 Å². The lowest BCUT2D eigenvalue weighted by molar-refractivity contribution is -0.141. The summed E-state index contributed by atoms with van der Waals surface area (Å²) < 4.78 is 17.6. The maximum absolute atomic E-state index is 13.0. The van der Waals surface area contributed by atoms with Crippen LogP contribution >= 0.6 is 11.6 Å². The lowest BCUT2D eigenvalue weighted by atomic mass is 10.2. The molecule has 90 valence electrons. The summed E-state index contributed by atoms with van der Waals surface area (Å²) >= 11 is 5.56. The van der Waals surface area contributed by atoms with Gasteiger partial charge in [-0.1, -0.05) is 23.4 Å². The van der Waals surface area contributed by atoms with Gasteiger partial charge in [-0.3, -0.25) is 4.79 Å². The van der Waals surface area contributed by atoms with Gasteiger partial charge in [-0.2, -0.15) is 0 Å². The molecule has 0 fully saturated rings. The molecule has 17 heavy (non-hydrogen) atoms. The van der Waals surface area contributed by atoms with E-state index in [-0.39, 0.29) is 29.4 Å². The highest BCUT2D eigenvalue weighted by atomic mass is 35.5. The maximum atomic E-state index is 13.0. The first-order valence-corrected chi connectivity index (χ1v) is 5.25. The highest BCUT2D eigenvalue weighted by molar-refractivity contribution is 6.32. The summed E-state index contributed by atoms with van der Waals surface area (Å²) in [7, 11) is 0. The Hall–Kier alpha value is -1.73. The van der Waals surface area contributed by atoms with Gasteiger partial charge in [-0.05, 0) is 19.1 Å². The van der Waals surface area contributed by atoms with Gasteiger partial charge in [-0.15, -0.1) is 0 Å². The normalized spacial score (nSPS) is 9.35. The highest BCUT2D eigenvalue weighted by Gasteiger charge is 2.06. The molecule has 1 aromatic carbocycles. The molecule has 3 nitrogen and oxygen atoms in total. The van der Waals surface area contributed by atoms with Crippen LogP contribution in [0.15, 0.2) is 12.1 Å². The third-order valence-electron chi connectivity index (χ3n) is 1.79. The number of rotatable bonds is 2. The number of carbonyl (C=O) groups excluding carboxylic acids is 1. The van der Waals surface area contributed by atoms with Gasteiger partial charge < -0.3 is 9.84 Å². The van der Waals surface area contributed by atoms with E-state index >= 15 is 0 Å². The molecule has 0 aliphatic carbocycles. The van der Waals surface area contributed by atoms with Gasteiger partial charge in [-0.25, -0.2) is 4.39 Å². The Labute approximate surface area is 103 Å². The molecule has 5 heteroatoms. The van der Waals surface area contributed by atoms with Crippen molar-refractivity contribution in [3.63, 3.8) is 0 Å². The van der Waals surface area contributed by atoms with Crippen LogP contribution in [-0.2, 0) is 9.53 Å². The zero-order valence-corrected chi connectivity index (χ0v) is 9.84. The van der Waals surface area contributed by atoms with Crippen molar-refractivity contribution < 1.29 is 19.0 Å². The first-order valence-electron chi connectivity index (χ1n) is 4.87. The Kier molecular flexibility index (Phi) is 4.80. The zero-order valence-electron chi connectivity index (χ0n) is 9.09. The minimum atomic E-state index is -0.603. The van der Waals surface area contributed by atoms with Crippen LogP contribution < -0.4 is 0 Å². The standard InChI is InChI=1S/C12H10ClFO3/c1-2-17-11(15)5-3-4-8-6-9(14)7-10(13)12(8)16/h6-7,16H,2,5H2,1H3. The van der Waals surface area contributed by atoms with E-state index in [1.807, 2.05) is 0 Å². The second-order valence-electron chi connectivity index (χ2n) is 3.07. The van der Waals surface area contributed by atoms with E-state index in [2.05, 4.69) is 16.6 Å². The number of benzene rings is 1. The van der Waals surface area contributed by atoms with Gasteiger partial charge in [0.05, 0.1) is 17.2 Å². The topological polar surface area (TPSA) is 46.5 Å². The quantitative estimate of drug-likeness (QED) is 0.653. The molecule has 0 aliphatic heterocycles. The molecule has 0 unspecified atom stereocenters. The van der Waals surface area contributed by atoms with E-state index in [0.717, 1.165) is 12.1 Å². The molecule has 0 saturated carbocycles. The fourth-order valence-corrected chi connectivity index (χ4v) is 1.29. The number of phenols is 1. The van der Waals surface area contributed by atoms with Gasteiger partial charge in [0.1, 0.15) is 18.0 Å². The molecular formula is C12H10ClFO3. The molecule has 0 heterocycles. The van der Waals surface area contributed by atoms with E-state index in [9.17, 15) is 14.3 Å². The van der Waals surface area contributed by atoms with E-state index in [4.69, 9.17) is 11.6 Å². The first kappa shape index (κ1) is 13.3. The summed E-state index contributed by atoms with van der Waals surface area (Å²) in [5, 5.41) is 9.35. The lowest BCUT2D eigenvalue weighted by Crippen LogP contribution is -2.01. The number of esters is 1. The van der Waals surface area contributed by atoms with Crippen molar-refractivity contribution in [2.24, 2.45) is 0 Å². The fourth-order valence-electron chi connectivity index (χ4n) is 1.08. The Morgan fingerprint density at radius 3 is 2.94 bits per heavy atom. The van der Waals surface area contributed by atoms with Crippen molar-refractivity contribution in [2.75, 3.05) is 6.61 Å². The monoisotopic (exact) mass is 256 g/mol. The Bertz CT molecular complexity index is 489. The van der Waals surface area contributed by atoms with Crippen molar-refractivity contribution in [2.45, 2.75) is 13.3 Å². The molecule has 0 saturated heterocycles. The second kappa shape index (κ2) is 6.12. The van der Waals surface area contributed by atoms with Crippen molar-refractivity contribution in [1.82, 2.24) is 0 Å². The Morgan fingerprint density at radius 2 is 2.29 bits per heavy atom. The van der Waals surface area contributed by atoms with Crippen LogP contribution in [0.25, 0.3) is 0 Å². The van der Waals surface area contributed by atoms with E-state index in [1.54, 1.807) is 6.92 Å². The number of halogens is 2. The summed E-state index contributed by atoms with van der Waals surface area (Å²) in [5.74, 6) is 3.55. The molecule has 0 radical (unpaired) electrons. The Balaban J connectivity index is 2.82. The number of phenolic OH excluding ortho intramolecular Hbond substituents is 1. The third-order valence-corrected chi connectivity index (χ3v) is 2.08. The number of carbonyl (C=O) groups is 1. The number of hydrogen-bond acceptors (Lipinski definition) is 3. The molecular weight excluding hydrogens is 247 g/mol. The smallest absolute Gasteiger partial charge is 0.317 e. The van der Waals surface area contributed by atoms with Crippen LogP contribution in [0.4, 0.5) is 4.39 Å². The molecule has 0 bridgehead atoms. The van der Waals surface area contributed by atoms with Crippen molar-refractivity contribution in [3.05, 3.63) is 28.5 Å². The average Bonchev–Trinajstić information content (AvgIpc) is 2.25. The lowest BCUT2D eigenvalue weighted by Gasteiger charge is -1.99. The number of hydrogen-bond donors (Lipinski definition) is 1. The minimum Gasteiger partial charge on any atom is -0.505 e. The van der Waals surface area contributed by atoms with Gasteiger partial charge in [0.25, 0.3) is 0 Å². The number of aromatic hydroxyl groups is 1. The van der Waals surface area contributed by atoms with Crippen LogP contribution in [-0.4, -0.2) is 17.7 Å². The van der Waals surface area contributed by atoms with E-state index in [1.165, 1.54) is 0 Å². The molecule has 1 aromatic rings. The van der Waals surface area contributed by atoms with Crippen LogP contribution in [0.2, 0.25) is 5.02 Å². The number of ether oxygens (including phenoxy) is 1. The van der Waals surface area contributed by atoms with Gasteiger partial charge >= 0.3 is 5.97 Å². The third kappa shape index (κ3) is 3.97. The molecule has 0 atom stereocenters. The second-order valence-corrected chi connectivity index (χ2v) is 3.47. The van der Waals surface area contributed by atoms with Crippen LogP contribution in [0.3, 0.4) is 0 Å². The summed E-state index contributed by atoms with van der Waals surface area (Å²) in [6, 6.07) is 2.02. The summed E-state index contributed by atoms with van der Waals surface area (Å²) in [5.41, 5.74) is 0.0410. The summed E-state index contributed by atoms with van der Waals surface area (Å²) in [6.45, 7) is 1.96. The van der Waals surface area contributed by atoms with Crippen LogP contribution in [0.5, 0.6) is 5.75 Å². The highest BCUT2D eigenvalue weighted by Crippen LogP contribution is 2.27. The molecule has 1 N–H and O–H groups in total. The van der Waals surface area contributed by atoms with Gasteiger partial charge in [0.2, 0.25) is 0 Å². The van der Waals surface area contributed by atoms with Crippen LogP contribution in [0.1, 0.15) is 18.9 Å². The maximum Gasteiger partial charge on any atom is 0.317 e. The van der Waals surface area contributed by atoms with Crippen molar-refractivity contribution in [1.29, 1.82) is 0 Å². The fraction of sp³-hybridized carbons (Fsp3) is 0.250. The van der Waals surface area contributed by atoms with Crippen molar-refractivity contribution >= 4 is 17.6 Å². The summed E-state index contributed by atoms with van der Waals surface area (Å²) in [4.78, 5) is 11.0. The molecule has 1 rings (SSSR count). The molecule has 0 aromatic heterocycles. The van der Waals surface area contributed by atoms with Crippen molar-refractivity contribution in [3.8, 4) is 17.6 Å². The predicted molar refractivity (Wildman–Crippen MR) is 61.2 cm³/mol. The first-order chi connectivity index (χ1) is 8.04. The van der Waals surface area contributed by atoms with E-state index < -0.39 is 11.8 Å². The molecule has 0 aliphatic rings. The van der Waals surface area contributed by atoms with Crippen LogP contribution in [0, 0.1) is 17.7 Å². The van der Waals surface area contributed by atoms with Gasteiger partial charge in [0, 0.05) is 0 Å². The zero-order chi connectivity index (χ0) is 12.8.